The molecule has 1 amide bonds. The van der Waals surface area contributed by atoms with Crippen LogP contribution in [0.15, 0.2) is 6.33 Å². The minimum atomic E-state index is -0.436. The zero-order valence-corrected chi connectivity index (χ0v) is 14.2. The maximum atomic E-state index is 11.1. The fourth-order valence-electron chi connectivity index (χ4n) is 1.92. The molecule has 5 nitrogen and oxygen atoms in total. The van der Waals surface area contributed by atoms with Gasteiger partial charge < -0.3 is 17.7 Å². The Bertz CT molecular complexity index is 389. The molecule has 1 aromatic heterocycles. The smallest absolute Gasteiger partial charge is 0.364 e. The summed E-state index contributed by atoms with van der Waals surface area (Å²) in [6.45, 7) is 6.94. The van der Waals surface area contributed by atoms with E-state index in [1.54, 1.807) is 6.33 Å². The van der Waals surface area contributed by atoms with Crippen LogP contribution in [0.5, 0.6) is 0 Å². The van der Waals surface area contributed by atoms with Gasteiger partial charge >= 0.3 is 51.4 Å². The standard InChI is InChI=1S/C10H16N4O.CH3.K/c1-7(2)13-3-4-14-6-12-9(10(11)15)8(14)5-13;;/h6-7H,3-5H2,1-2H3,(H2,11,15);1H3;/q;-1;+1. The molecule has 0 unspecified atom stereocenters. The first-order chi connectivity index (χ1) is 7.09. The van der Waals surface area contributed by atoms with E-state index in [1.807, 2.05) is 4.57 Å². The Morgan fingerprint density at radius 1 is 1.47 bits per heavy atom. The molecule has 2 heterocycles. The molecular weight excluding hydrogens is 243 g/mol. The maximum Gasteiger partial charge on any atom is 1.00 e. The molecule has 0 spiro atoms. The molecule has 2 rings (SSSR count). The monoisotopic (exact) mass is 262 g/mol. The molecule has 90 valence electrons. The Labute approximate surface area is 145 Å². The van der Waals surface area contributed by atoms with Crippen molar-refractivity contribution >= 4 is 5.91 Å². The zero-order valence-electron chi connectivity index (χ0n) is 11.1. The van der Waals surface area contributed by atoms with Crippen LogP contribution in [-0.4, -0.2) is 32.9 Å². The summed E-state index contributed by atoms with van der Waals surface area (Å²) < 4.78 is 2.01. The Kier molecular flexibility index (Phi) is 7.12. The number of fused-ring (bicyclic) bond motifs is 1. The Balaban J connectivity index is 0.00000128. The number of carbonyl (C=O) groups excluding carboxylic acids is 1. The molecule has 0 fully saturated rings. The van der Waals surface area contributed by atoms with Gasteiger partial charge in [0, 0.05) is 25.7 Å². The molecule has 1 aliphatic heterocycles. The van der Waals surface area contributed by atoms with Crippen molar-refractivity contribution in [3.05, 3.63) is 25.1 Å². The van der Waals surface area contributed by atoms with Crippen LogP contribution in [0.25, 0.3) is 0 Å². The van der Waals surface area contributed by atoms with Gasteiger partial charge in [0.2, 0.25) is 0 Å². The predicted molar refractivity (Wildman–Crippen MR) is 62.7 cm³/mol. The number of primary amides is 1. The molecule has 0 atom stereocenters. The molecular formula is C11H19KN4O. The molecule has 17 heavy (non-hydrogen) atoms. The molecule has 0 aliphatic carbocycles. The van der Waals surface area contributed by atoms with Gasteiger partial charge in [-0.3, -0.25) is 9.69 Å². The number of rotatable bonds is 2. The van der Waals surface area contributed by atoms with Gasteiger partial charge in [-0.15, -0.1) is 0 Å². The van der Waals surface area contributed by atoms with Crippen LogP contribution < -0.4 is 57.1 Å². The summed E-state index contributed by atoms with van der Waals surface area (Å²) in [4.78, 5) is 17.5. The summed E-state index contributed by atoms with van der Waals surface area (Å²) in [7, 11) is 0. The second-order valence-corrected chi connectivity index (χ2v) is 4.16. The van der Waals surface area contributed by atoms with E-state index in [4.69, 9.17) is 5.73 Å². The van der Waals surface area contributed by atoms with E-state index in [-0.39, 0.29) is 58.8 Å². The second-order valence-electron chi connectivity index (χ2n) is 4.16. The van der Waals surface area contributed by atoms with Gasteiger partial charge in [0.15, 0.2) is 0 Å². The average Bonchev–Trinajstić information content (AvgIpc) is 2.59. The number of hydrogen-bond acceptors (Lipinski definition) is 3. The van der Waals surface area contributed by atoms with E-state index in [9.17, 15) is 4.79 Å². The molecule has 1 aromatic rings. The summed E-state index contributed by atoms with van der Waals surface area (Å²) in [6.07, 6.45) is 1.70. The number of imidazole rings is 1. The van der Waals surface area contributed by atoms with Gasteiger partial charge in [0.05, 0.1) is 12.0 Å². The third-order valence-electron chi connectivity index (χ3n) is 2.89. The topological polar surface area (TPSA) is 64.2 Å². The number of nitrogens with zero attached hydrogens (tertiary/aromatic N) is 3. The van der Waals surface area contributed by atoms with Gasteiger partial charge in [0.25, 0.3) is 5.91 Å². The van der Waals surface area contributed by atoms with Crippen LogP contribution in [0.1, 0.15) is 30.0 Å². The molecule has 0 bridgehead atoms. The van der Waals surface area contributed by atoms with E-state index >= 15 is 0 Å². The number of hydrogen-bond donors (Lipinski definition) is 1. The van der Waals surface area contributed by atoms with Crippen LogP contribution >= 0.6 is 0 Å². The zero-order chi connectivity index (χ0) is 11.0. The second kappa shape index (κ2) is 7.01. The minimum absolute atomic E-state index is 0. The molecule has 6 heteroatoms. The van der Waals surface area contributed by atoms with Crippen molar-refractivity contribution < 1.29 is 56.2 Å². The molecule has 0 saturated carbocycles. The Morgan fingerprint density at radius 3 is 2.65 bits per heavy atom. The third kappa shape index (κ3) is 3.62. The summed E-state index contributed by atoms with van der Waals surface area (Å²) in [5, 5.41) is 0. The molecule has 2 N–H and O–H groups in total. The molecule has 1 aliphatic rings. The maximum absolute atomic E-state index is 11.1. The largest absolute Gasteiger partial charge is 1.00 e. The first kappa shape index (κ1) is 17.3. The van der Waals surface area contributed by atoms with E-state index in [0.29, 0.717) is 11.7 Å². The Hall–Kier alpha value is 0.276. The predicted octanol–water partition coefficient (Wildman–Crippen LogP) is -2.34. The molecule has 0 saturated heterocycles. The van der Waals surface area contributed by atoms with Crippen molar-refractivity contribution in [2.24, 2.45) is 5.73 Å². The van der Waals surface area contributed by atoms with Gasteiger partial charge in [-0.25, -0.2) is 4.98 Å². The van der Waals surface area contributed by atoms with E-state index in [0.717, 1.165) is 25.3 Å². The Morgan fingerprint density at radius 2 is 2.12 bits per heavy atom. The van der Waals surface area contributed by atoms with Gasteiger partial charge in [0.1, 0.15) is 5.69 Å². The van der Waals surface area contributed by atoms with Gasteiger partial charge in [-0.2, -0.15) is 0 Å². The number of carbonyl (C=O) groups is 1. The number of aromatic nitrogens is 2. The minimum Gasteiger partial charge on any atom is -0.364 e. The van der Waals surface area contributed by atoms with Crippen LogP contribution in [-0.2, 0) is 13.1 Å². The van der Waals surface area contributed by atoms with Crippen LogP contribution in [0, 0.1) is 7.43 Å². The van der Waals surface area contributed by atoms with Crippen LogP contribution in [0.4, 0.5) is 0 Å². The van der Waals surface area contributed by atoms with Crippen molar-refractivity contribution in [3.63, 3.8) is 0 Å². The molecule has 0 radical (unpaired) electrons. The summed E-state index contributed by atoms with van der Waals surface area (Å²) in [5.41, 5.74) is 6.63. The van der Waals surface area contributed by atoms with E-state index in [2.05, 4.69) is 23.7 Å². The van der Waals surface area contributed by atoms with Crippen LogP contribution in [0.2, 0.25) is 0 Å². The van der Waals surface area contributed by atoms with E-state index < -0.39 is 5.91 Å². The molecule has 0 aromatic carbocycles. The van der Waals surface area contributed by atoms with E-state index in [1.165, 1.54) is 0 Å². The quantitative estimate of drug-likeness (QED) is 0.480. The van der Waals surface area contributed by atoms with Gasteiger partial charge in [-0.1, -0.05) is 0 Å². The number of nitrogens with two attached hydrogens (primary N) is 1. The van der Waals surface area contributed by atoms with Crippen molar-refractivity contribution in [2.75, 3.05) is 6.54 Å². The fraction of sp³-hybridized carbons (Fsp3) is 0.545. The third-order valence-corrected chi connectivity index (χ3v) is 2.89. The average molecular weight is 262 g/mol. The van der Waals surface area contributed by atoms with Crippen LogP contribution in [0.3, 0.4) is 0 Å². The van der Waals surface area contributed by atoms with Gasteiger partial charge in [-0.05, 0) is 13.8 Å². The first-order valence-electron chi connectivity index (χ1n) is 5.17. The van der Waals surface area contributed by atoms with Crippen molar-refractivity contribution in [1.29, 1.82) is 0 Å². The summed E-state index contributed by atoms with van der Waals surface area (Å²) in [5.74, 6) is -0.436. The first-order valence-corrected chi connectivity index (χ1v) is 5.17. The fourth-order valence-corrected chi connectivity index (χ4v) is 1.92. The summed E-state index contributed by atoms with van der Waals surface area (Å²) >= 11 is 0. The number of amides is 1. The normalized spacial score (nSPS) is 14.8. The SMILES string of the molecule is CC(C)N1CCn2cnc(C(N)=O)c2C1.[CH3-].[K+]. The van der Waals surface area contributed by atoms with Crippen molar-refractivity contribution in [2.45, 2.75) is 33.0 Å². The van der Waals surface area contributed by atoms with Crippen molar-refractivity contribution in [1.82, 2.24) is 14.5 Å². The summed E-state index contributed by atoms with van der Waals surface area (Å²) in [6, 6.07) is 0.481. The van der Waals surface area contributed by atoms with Crippen molar-refractivity contribution in [3.8, 4) is 0 Å².